The van der Waals surface area contributed by atoms with Crippen LogP contribution < -0.4 is 15.4 Å². The van der Waals surface area contributed by atoms with Crippen molar-refractivity contribution in [3.63, 3.8) is 0 Å². The maximum atomic E-state index is 13.3. The lowest BCUT2D eigenvalue weighted by Crippen LogP contribution is -2.54. The molecule has 2 aromatic carbocycles. The molecule has 0 spiro atoms. The highest BCUT2D eigenvalue weighted by atomic mass is 16.5. The molecule has 3 aliphatic rings. The van der Waals surface area contributed by atoms with Crippen LogP contribution in [-0.2, 0) is 14.3 Å². The van der Waals surface area contributed by atoms with Crippen molar-refractivity contribution >= 4 is 35.0 Å². The number of carbonyl (C=O) groups excluding carboxylic acids is 4. The van der Waals surface area contributed by atoms with Gasteiger partial charge in [-0.25, -0.2) is 0 Å². The summed E-state index contributed by atoms with van der Waals surface area (Å²) in [5, 5.41) is 5.43. The molecule has 2 N–H and O–H groups in total. The summed E-state index contributed by atoms with van der Waals surface area (Å²) in [7, 11) is 0. The van der Waals surface area contributed by atoms with E-state index in [9.17, 15) is 19.2 Å². The van der Waals surface area contributed by atoms with E-state index < -0.39 is 29.7 Å². The third kappa shape index (κ3) is 4.75. The standard InChI is InChI=1S/C25H26N4O6/c30-21-8-7-20(23(31)27-21)29-24(32)18-5-2-6-19(22(18)25(29)33)26-16-3-1-4-17(15-16)35-14-11-28-9-12-34-13-10-28/h1-6,15,20,26H,7-14H2,(H,27,30,31). The van der Waals surface area contributed by atoms with Gasteiger partial charge in [-0.3, -0.25) is 34.3 Å². The number of nitrogens with one attached hydrogen (secondary N) is 2. The fourth-order valence-corrected chi connectivity index (χ4v) is 4.56. The van der Waals surface area contributed by atoms with Crippen LogP contribution in [0.3, 0.4) is 0 Å². The zero-order valence-corrected chi connectivity index (χ0v) is 19.1. The molecular formula is C25H26N4O6. The third-order valence-corrected chi connectivity index (χ3v) is 6.36. The number of hydrogen-bond donors (Lipinski definition) is 2. The van der Waals surface area contributed by atoms with Gasteiger partial charge in [0, 0.05) is 37.8 Å². The number of hydrogen-bond acceptors (Lipinski definition) is 8. The van der Waals surface area contributed by atoms with Crippen LogP contribution in [0, 0.1) is 0 Å². The first kappa shape index (κ1) is 23.0. The Morgan fingerprint density at radius 1 is 1.03 bits per heavy atom. The van der Waals surface area contributed by atoms with E-state index in [-0.39, 0.29) is 24.0 Å². The Kier molecular flexibility index (Phi) is 6.47. The van der Waals surface area contributed by atoms with Crippen molar-refractivity contribution in [2.75, 3.05) is 44.8 Å². The van der Waals surface area contributed by atoms with Gasteiger partial charge in [0.25, 0.3) is 11.8 Å². The van der Waals surface area contributed by atoms with E-state index in [0.29, 0.717) is 23.7 Å². The molecule has 0 radical (unpaired) electrons. The number of fused-ring (bicyclic) bond motifs is 1. The highest BCUT2D eigenvalue weighted by Crippen LogP contribution is 2.34. The summed E-state index contributed by atoms with van der Waals surface area (Å²) >= 11 is 0. The minimum Gasteiger partial charge on any atom is -0.492 e. The van der Waals surface area contributed by atoms with Crippen molar-refractivity contribution in [3.05, 3.63) is 53.6 Å². The molecular weight excluding hydrogens is 452 g/mol. The average molecular weight is 479 g/mol. The predicted octanol–water partition coefficient (Wildman–Crippen LogP) is 1.54. The lowest BCUT2D eigenvalue weighted by atomic mass is 10.0. The van der Waals surface area contributed by atoms with E-state index >= 15 is 0 Å². The molecule has 2 fully saturated rings. The summed E-state index contributed by atoms with van der Waals surface area (Å²) in [6.45, 7) is 4.61. The van der Waals surface area contributed by atoms with Crippen LogP contribution in [0.25, 0.3) is 0 Å². The van der Waals surface area contributed by atoms with Gasteiger partial charge in [-0.05, 0) is 30.7 Å². The van der Waals surface area contributed by atoms with Crippen LogP contribution in [0.5, 0.6) is 5.75 Å². The lowest BCUT2D eigenvalue weighted by molar-refractivity contribution is -0.136. The minimum absolute atomic E-state index is 0.0766. The van der Waals surface area contributed by atoms with Gasteiger partial charge in [0.05, 0.1) is 30.0 Å². The van der Waals surface area contributed by atoms with Gasteiger partial charge in [-0.1, -0.05) is 12.1 Å². The molecule has 2 aromatic rings. The Balaban J connectivity index is 1.29. The van der Waals surface area contributed by atoms with Crippen molar-refractivity contribution in [3.8, 4) is 5.75 Å². The molecule has 182 valence electrons. The Labute approximate surface area is 202 Å². The van der Waals surface area contributed by atoms with E-state index in [1.54, 1.807) is 18.2 Å². The van der Waals surface area contributed by atoms with Gasteiger partial charge in [0.1, 0.15) is 18.4 Å². The number of amides is 4. The third-order valence-electron chi connectivity index (χ3n) is 6.36. The average Bonchev–Trinajstić information content (AvgIpc) is 3.11. The lowest BCUT2D eigenvalue weighted by Gasteiger charge is -2.27. The SMILES string of the molecule is O=C1CCC(N2C(=O)c3cccc(Nc4cccc(OCCN5CCOCC5)c4)c3C2=O)C(=O)N1. The molecule has 0 aromatic heterocycles. The summed E-state index contributed by atoms with van der Waals surface area (Å²) in [5.41, 5.74) is 1.59. The summed E-state index contributed by atoms with van der Waals surface area (Å²) in [5.74, 6) is -1.45. The molecule has 0 saturated carbocycles. The van der Waals surface area contributed by atoms with Gasteiger partial charge in [-0.2, -0.15) is 0 Å². The van der Waals surface area contributed by atoms with Crippen LogP contribution in [-0.4, -0.2) is 78.9 Å². The molecule has 35 heavy (non-hydrogen) atoms. The van der Waals surface area contributed by atoms with Crippen LogP contribution >= 0.6 is 0 Å². The predicted molar refractivity (Wildman–Crippen MR) is 126 cm³/mol. The van der Waals surface area contributed by atoms with Gasteiger partial charge < -0.3 is 14.8 Å². The summed E-state index contributed by atoms with van der Waals surface area (Å²) in [6, 6.07) is 11.3. The van der Waals surface area contributed by atoms with E-state index in [1.165, 1.54) is 0 Å². The first-order chi connectivity index (χ1) is 17.0. The Bertz CT molecular complexity index is 1180. The Morgan fingerprint density at radius 3 is 2.63 bits per heavy atom. The molecule has 5 rings (SSSR count). The maximum Gasteiger partial charge on any atom is 0.264 e. The molecule has 2 saturated heterocycles. The number of nitrogens with zero attached hydrogens (tertiary/aromatic N) is 2. The number of anilines is 2. The zero-order valence-electron chi connectivity index (χ0n) is 19.1. The normalized spacial score (nSPS) is 20.6. The molecule has 3 aliphatic heterocycles. The first-order valence-corrected chi connectivity index (χ1v) is 11.7. The highest BCUT2D eigenvalue weighted by molar-refractivity contribution is 6.25. The van der Waals surface area contributed by atoms with Crippen molar-refractivity contribution in [1.82, 2.24) is 15.1 Å². The van der Waals surface area contributed by atoms with Crippen LogP contribution in [0.15, 0.2) is 42.5 Å². The second kappa shape index (κ2) is 9.85. The Hall–Kier alpha value is -3.76. The van der Waals surface area contributed by atoms with Crippen molar-refractivity contribution in [2.45, 2.75) is 18.9 Å². The smallest absolute Gasteiger partial charge is 0.264 e. The molecule has 10 heteroatoms. The quantitative estimate of drug-likeness (QED) is 0.576. The zero-order chi connectivity index (χ0) is 24.4. The number of carbonyl (C=O) groups is 4. The van der Waals surface area contributed by atoms with Crippen molar-refractivity contribution < 1.29 is 28.7 Å². The number of imide groups is 2. The molecule has 1 atom stereocenters. The fraction of sp³-hybridized carbons (Fsp3) is 0.360. The second-order valence-electron chi connectivity index (χ2n) is 8.63. The molecule has 3 heterocycles. The van der Waals surface area contributed by atoms with Gasteiger partial charge >= 0.3 is 0 Å². The topological polar surface area (TPSA) is 117 Å². The van der Waals surface area contributed by atoms with E-state index in [2.05, 4.69) is 15.5 Å². The maximum absolute atomic E-state index is 13.3. The molecule has 0 bridgehead atoms. The summed E-state index contributed by atoms with van der Waals surface area (Å²) in [6.07, 6.45) is 0.190. The highest BCUT2D eigenvalue weighted by Gasteiger charge is 2.45. The molecule has 0 aliphatic carbocycles. The van der Waals surface area contributed by atoms with Gasteiger partial charge in [0.2, 0.25) is 11.8 Å². The largest absolute Gasteiger partial charge is 0.492 e. The van der Waals surface area contributed by atoms with Crippen molar-refractivity contribution in [1.29, 1.82) is 0 Å². The minimum atomic E-state index is -1.00. The number of piperidine rings is 1. The molecule has 4 amide bonds. The second-order valence-corrected chi connectivity index (χ2v) is 8.63. The van der Waals surface area contributed by atoms with Crippen LogP contribution in [0.2, 0.25) is 0 Å². The number of rotatable bonds is 7. The number of morpholine rings is 1. The van der Waals surface area contributed by atoms with Crippen molar-refractivity contribution in [2.24, 2.45) is 0 Å². The number of ether oxygens (including phenoxy) is 2. The van der Waals surface area contributed by atoms with E-state index in [0.717, 1.165) is 37.7 Å². The molecule has 10 nitrogen and oxygen atoms in total. The number of benzene rings is 2. The van der Waals surface area contributed by atoms with E-state index in [4.69, 9.17) is 9.47 Å². The van der Waals surface area contributed by atoms with E-state index in [1.807, 2.05) is 24.3 Å². The van der Waals surface area contributed by atoms with Gasteiger partial charge in [0.15, 0.2) is 0 Å². The monoisotopic (exact) mass is 478 g/mol. The van der Waals surface area contributed by atoms with Crippen LogP contribution in [0.1, 0.15) is 33.6 Å². The molecule has 1 unspecified atom stereocenters. The summed E-state index contributed by atoms with van der Waals surface area (Å²) in [4.78, 5) is 53.4. The first-order valence-electron chi connectivity index (χ1n) is 11.7. The summed E-state index contributed by atoms with van der Waals surface area (Å²) < 4.78 is 11.3. The Morgan fingerprint density at radius 2 is 1.83 bits per heavy atom. The fourth-order valence-electron chi connectivity index (χ4n) is 4.56. The van der Waals surface area contributed by atoms with Gasteiger partial charge in [-0.15, -0.1) is 0 Å². The van der Waals surface area contributed by atoms with Crippen LogP contribution in [0.4, 0.5) is 11.4 Å².